The second-order valence-corrected chi connectivity index (χ2v) is 2.12. The van der Waals surface area contributed by atoms with E-state index < -0.39 is 0 Å². The van der Waals surface area contributed by atoms with Crippen molar-refractivity contribution in [3.63, 3.8) is 0 Å². The van der Waals surface area contributed by atoms with Crippen LogP contribution in [0.15, 0.2) is 18.2 Å². The maximum Gasteiger partial charge on any atom is 1.00 e. The van der Waals surface area contributed by atoms with Crippen LogP contribution in [-0.4, -0.2) is 21.0 Å². The fourth-order valence-corrected chi connectivity index (χ4v) is 0.798. The van der Waals surface area contributed by atoms with Crippen molar-refractivity contribution < 1.29 is 33.1 Å². The van der Waals surface area contributed by atoms with E-state index in [1.807, 2.05) is 12.1 Å². The monoisotopic (exact) mass is 174 g/mol. The molecule has 0 radical (unpaired) electrons. The molecular formula is C9H11LiO3. The summed E-state index contributed by atoms with van der Waals surface area (Å²) in [4.78, 5) is 0. The first-order valence-electron chi connectivity index (χ1n) is 3.55. The Morgan fingerprint density at radius 1 is 1.38 bits per heavy atom. The van der Waals surface area contributed by atoms with E-state index in [-0.39, 0.29) is 25.7 Å². The van der Waals surface area contributed by atoms with E-state index in [1.165, 1.54) is 0 Å². The molecule has 66 valence electrons. The third kappa shape index (κ3) is 3.73. The Labute approximate surface area is 90.2 Å². The zero-order chi connectivity index (χ0) is 8.81. The van der Waals surface area contributed by atoms with E-state index in [9.17, 15) is 0 Å². The third-order valence-electron chi connectivity index (χ3n) is 1.32. The van der Waals surface area contributed by atoms with Crippen molar-refractivity contribution in [3.05, 3.63) is 24.3 Å². The molecule has 0 N–H and O–H groups in total. The number of benzene rings is 1. The van der Waals surface area contributed by atoms with Gasteiger partial charge in [0.15, 0.2) is 6.79 Å². The second-order valence-electron chi connectivity index (χ2n) is 2.12. The zero-order valence-corrected chi connectivity index (χ0v) is 8.16. The van der Waals surface area contributed by atoms with Gasteiger partial charge in [-0.15, -0.1) is 12.1 Å². The van der Waals surface area contributed by atoms with Crippen LogP contribution in [0.4, 0.5) is 0 Å². The first kappa shape index (κ1) is 12.4. The fraction of sp³-hybridized carbons (Fsp3) is 0.333. The molecule has 0 amide bonds. The van der Waals surface area contributed by atoms with Crippen molar-refractivity contribution in [1.82, 2.24) is 0 Å². The second kappa shape index (κ2) is 6.85. The molecule has 0 aromatic heterocycles. The molecule has 0 aliphatic heterocycles. The molecule has 0 atom stereocenters. The van der Waals surface area contributed by atoms with Crippen LogP contribution in [0.1, 0.15) is 0 Å². The third-order valence-corrected chi connectivity index (χ3v) is 1.32. The molecule has 3 nitrogen and oxygen atoms in total. The molecule has 0 saturated heterocycles. The predicted molar refractivity (Wildman–Crippen MR) is 44.3 cm³/mol. The van der Waals surface area contributed by atoms with E-state index in [0.29, 0.717) is 11.5 Å². The normalized spacial score (nSPS) is 8.77. The first-order chi connectivity index (χ1) is 5.88. The summed E-state index contributed by atoms with van der Waals surface area (Å²) in [5, 5.41) is 0. The van der Waals surface area contributed by atoms with Gasteiger partial charge in [0.2, 0.25) is 0 Å². The maximum absolute atomic E-state index is 5.17. The molecular weight excluding hydrogens is 163 g/mol. The van der Waals surface area contributed by atoms with Crippen molar-refractivity contribution in [2.75, 3.05) is 21.0 Å². The van der Waals surface area contributed by atoms with E-state index in [0.717, 1.165) is 0 Å². The van der Waals surface area contributed by atoms with Crippen LogP contribution in [0.2, 0.25) is 0 Å². The van der Waals surface area contributed by atoms with E-state index >= 15 is 0 Å². The van der Waals surface area contributed by atoms with Gasteiger partial charge in [-0.1, -0.05) is 0 Å². The number of rotatable bonds is 4. The molecule has 0 bridgehead atoms. The van der Waals surface area contributed by atoms with Crippen molar-refractivity contribution in [2.24, 2.45) is 0 Å². The summed E-state index contributed by atoms with van der Waals surface area (Å²) in [6.45, 7) is 0.205. The molecule has 0 unspecified atom stereocenters. The van der Waals surface area contributed by atoms with Gasteiger partial charge < -0.3 is 14.2 Å². The Balaban J connectivity index is 0.00000144. The largest absolute Gasteiger partial charge is 1.00 e. The Hall–Kier alpha value is -0.623. The molecule has 1 aromatic rings. The van der Waals surface area contributed by atoms with Gasteiger partial charge in [0.25, 0.3) is 0 Å². The molecule has 1 aromatic carbocycles. The van der Waals surface area contributed by atoms with Gasteiger partial charge in [-0.2, -0.15) is 12.1 Å². The van der Waals surface area contributed by atoms with Crippen LogP contribution in [-0.2, 0) is 4.74 Å². The zero-order valence-electron chi connectivity index (χ0n) is 8.16. The Bertz CT molecular complexity index is 240. The van der Waals surface area contributed by atoms with Crippen molar-refractivity contribution in [1.29, 1.82) is 0 Å². The maximum atomic E-state index is 5.17. The standard InChI is InChI=1S/C9H11O3.Li/c1-10-7-12-9-6-4-3-5-8(9)11-2;/h3-5H,7H2,1-2H3;/q-1;+1. The van der Waals surface area contributed by atoms with Gasteiger partial charge in [-0.05, 0) is 0 Å². The van der Waals surface area contributed by atoms with Crippen LogP contribution in [0.25, 0.3) is 0 Å². The summed E-state index contributed by atoms with van der Waals surface area (Å²) < 4.78 is 15.0. The van der Waals surface area contributed by atoms with Gasteiger partial charge in [-0.25, -0.2) is 0 Å². The molecule has 0 fully saturated rings. The molecule has 1 rings (SSSR count). The van der Waals surface area contributed by atoms with Crippen LogP contribution < -0.4 is 28.3 Å². The SMILES string of the molecule is COCOc1[c-]cccc1OC.[Li+]. The van der Waals surface area contributed by atoms with Gasteiger partial charge in [0.1, 0.15) is 0 Å². The number of methoxy groups -OCH3 is 2. The number of hydrogen-bond donors (Lipinski definition) is 0. The van der Waals surface area contributed by atoms with E-state index in [2.05, 4.69) is 6.07 Å². The van der Waals surface area contributed by atoms with Crippen molar-refractivity contribution in [2.45, 2.75) is 0 Å². The molecule has 0 spiro atoms. The average Bonchev–Trinajstić information content (AvgIpc) is 2.15. The van der Waals surface area contributed by atoms with Crippen molar-refractivity contribution >= 4 is 0 Å². The number of para-hydroxylation sites is 1. The van der Waals surface area contributed by atoms with Crippen molar-refractivity contribution in [3.8, 4) is 11.5 Å². The molecule has 0 aliphatic rings. The predicted octanol–water partition coefficient (Wildman–Crippen LogP) is -1.52. The summed E-state index contributed by atoms with van der Waals surface area (Å²) in [6.07, 6.45) is 0. The summed E-state index contributed by atoms with van der Waals surface area (Å²) in [5.41, 5.74) is 0. The van der Waals surface area contributed by atoms with Crippen LogP contribution in [0.3, 0.4) is 0 Å². The van der Waals surface area contributed by atoms with Crippen LogP contribution in [0.5, 0.6) is 11.5 Å². The Morgan fingerprint density at radius 3 is 2.77 bits per heavy atom. The summed E-state index contributed by atoms with van der Waals surface area (Å²) in [6, 6.07) is 8.29. The molecule has 0 saturated carbocycles. The average molecular weight is 174 g/mol. The summed E-state index contributed by atoms with van der Waals surface area (Å²) in [5.74, 6) is 1.23. The smallest absolute Gasteiger partial charge is 0.551 e. The number of ether oxygens (including phenoxy) is 3. The van der Waals surface area contributed by atoms with Gasteiger partial charge in [0, 0.05) is 12.9 Å². The van der Waals surface area contributed by atoms with Gasteiger partial charge >= 0.3 is 18.9 Å². The van der Waals surface area contributed by atoms with Gasteiger partial charge in [0.05, 0.1) is 12.9 Å². The Morgan fingerprint density at radius 2 is 2.15 bits per heavy atom. The Kier molecular flexibility index (Phi) is 6.52. The fourth-order valence-electron chi connectivity index (χ4n) is 0.798. The van der Waals surface area contributed by atoms with Gasteiger partial charge in [-0.3, -0.25) is 0 Å². The summed E-state index contributed by atoms with van der Waals surface area (Å²) in [7, 11) is 3.15. The van der Waals surface area contributed by atoms with E-state index in [4.69, 9.17) is 14.2 Å². The summed E-state index contributed by atoms with van der Waals surface area (Å²) >= 11 is 0. The molecule has 13 heavy (non-hydrogen) atoms. The van der Waals surface area contributed by atoms with E-state index in [1.54, 1.807) is 20.3 Å². The molecule has 4 heteroatoms. The molecule has 0 aliphatic carbocycles. The minimum Gasteiger partial charge on any atom is -0.551 e. The minimum absolute atomic E-state index is 0. The van der Waals surface area contributed by atoms with Crippen LogP contribution in [0, 0.1) is 6.07 Å². The minimum atomic E-state index is 0. The van der Waals surface area contributed by atoms with Crippen LogP contribution >= 0.6 is 0 Å². The topological polar surface area (TPSA) is 27.7 Å². The quantitative estimate of drug-likeness (QED) is 0.315. The molecule has 0 heterocycles. The first-order valence-corrected chi connectivity index (χ1v) is 3.55. The number of hydrogen-bond acceptors (Lipinski definition) is 3.